The molecule has 0 aliphatic carbocycles. The SMILES string of the molecule is C#CCCOCNC(=O)CNC(=O)[C@H](Cc1ccccc1)NC(=O)CNC(=O)CNC(=O)[C@@H](N)CCC(=O)NC[C@@H]1O[C@H](CO)[C@@H](O)[C@H](O)[C@H]1O. The zero-order valence-corrected chi connectivity index (χ0v) is 27.9. The Morgan fingerprint density at radius 2 is 1.45 bits per heavy atom. The van der Waals surface area contributed by atoms with Gasteiger partial charge >= 0.3 is 0 Å². The number of ether oxygens (including phenoxy) is 2. The Labute approximate surface area is 294 Å². The van der Waals surface area contributed by atoms with Crippen molar-refractivity contribution >= 4 is 35.4 Å². The molecule has 51 heavy (non-hydrogen) atoms. The number of carbonyl (C=O) groups is 6. The standard InChI is InChI=1S/C32H47N7O12/c1-2-3-11-50-18-38-26(43)15-37-32(49)21(12-19-7-5-4-6-8-19)39-27(44)16-35-25(42)14-36-31(48)20(33)9-10-24(41)34-13-22-28(45)30(47)29(46)23(17-40)51-22/h1,4-8,20-23,28-30,40,45-47H,3,9-18,33H2,(H,34,41)(H,35,42)(H,36,48)(H,37,49)(H,38,43)(H,39,44)/t20-,21-,22-,23+,28-,29+,30+/m0/s1. The minimum absolute atomic E-state index is 0.0862. The molecular weight excluding hydrogens is 674 g/mol. The normalized spacial score (nSPS) is 20.8. The summed E-state index contributed by atoms with van der Waals surface area (Å²) in [5.41, 5.74) is 6.54. The van der Waals surface area contributed by atoms with Crippen LogP contribution in [0.25, 0.3) is 0 Å². The maximum Gasteiger partial charge on any atom is 0.243 e. The summed E-state index contributed by atoms with van der Waals surface area (Å²) in [5.74, 6) is -1.57. The van der Waals surface area contributed by atoms with Gasteiger partial charge in [0.1, 0.15) is 43.3 Å². The van der Waals surface area contributed by atoms with Gasteiger partial charge in [-0.2, -0.15) is 0 Å². The molecule has 0 spiro atoms. The lowest BCUT2D eigenvalue weighted by Crippen LogP contribution is -2.60. The van der Waals surface area contributed by atoms with Gasteiger partial charge in [-0.15, -0.1) is 12.3 Å². The Bertz CT molecular complexity index is 1340. The molecule has 282 valence electrons. The predicted molar refractivity (Wildman–Crippen MR) is 178 cm³/mol. The van der Waals surface area contributed by atoms with Crippen LogP contribution in [0, 0.1) is 12.3 Å². The van der Waals surface area contributed by atoms with Crippen LogP contribution in [0.3, 0.4) is 0 Å². The van der Waals surface area contributed by atoms with Gasteiger partial charge in [0, 0.05) is 25.8 Å². The van der Waals surface area contributed by atoms with Crippen molar-refractivity contribution in [3.05, 3.63) is 35.9 Å². The number of terminal acetylenes is 1. The Kier molecular flexibility index (Phi) is 19.1. The average Bonchev–Trinajstić information content (AvgIpc) is 3.12. The van der Waals surface area contributed by atoms with Gasteiger partial charge in [0.2, 0.25) is 35.4 Å². The van der Waals surface area contributed by atoms with E-state index in [0.717, 1.165) is 5.56 Å². The highest BCUT2D eigenvalue weighted by Gasteiger charge is 2.43. The summed E-state index contributed by atoms with van der Waals surface area (Å²) in [5, 5.41) is 53.5. The number of aliphatic hydroxyl groups excluding tert-OH is 4. The molecule has 1 aromatic carbocycles. The number of benzene rings is 1. The number of hydrogen-bond acceptors (Lipinski definition) is 13. The smallest absolute Gasteiger partial charge is 0.243 e. The molecule has 1 heterocycles. The van der Waals surface area contributed by atoms with E-state index in [1.54, 1.807) is 30.3 Å². The van der Waals surface area contributed by atoms with Crippen molar-refractivity contribution in [2.45, 2.75) is 68.3 Å². The first-order valence-corrected chi connectivity index (χ1v) is 16.1. The molecule has 19 heteroatoms. The molecule has 1 fully saturated rings. The molecule has 6 amide bonds. The Hall–Kier alpha value is -4.68. The van der Waals surface area contributed by atoms with Gasteiger partial charge < -0.3 is 67.5 Å². The zero-order valence-electron chi connectivity index (χ0n) is 27.9. The van der Waals surface area contributed by atoms with E-state index in [2.05, 4.69) is 37.8 Å². The first-order chi connectivity index (χ1) is 24.4. The predicted octanol–water partition coefficient (Wildman–Crippen LogP) is -5.76. The Balaban J connectivity index is 1.73. The molecule has 2 rings (SSSR count). The molecule has 0 bridgehead atoms. The molecule has 12 N–H and O–H groups in total. The van der Waals surface area contributed by atoms with E-state index < -0.39 is 97.7 Å². The van der Waals surface area contributed by atoms with E-state index in [9.17, 15) is 49.2 Å². The largest absolute Gasteiger partial charge is 0.394 e. The third kappa shape index (κ3) is 15.8. The van der Waals surface area contributed by atoms with Crippen LogP contribution in [0.1, 0.15) is 24.8 Å². The van der Waals surface area contributed by atoms with Crippen molar-refractivity contribution < 1.29 is 58.7 Å². The summed E-state index contributed by atoms with van der Waals surface area (Å²) >= 11 is 0. The molecule has 0 unspecified atom stereocenters. The van der Waals surface area contributed by atoms with Crippen LogP contribution in [0.2, 0.25) is 0 Å². The van der Waals surface area contributed by atoms with E-state index in [1.165, 1.54) is 0 Å². The van der Waals surface area contributed by atoms with Crippen molar-refractivity contribution in [1.29, 1.82) is 0 Å². The number of nitrogens with one attached hydrogen (secondary N) is 6. The highest BCUT2D eigenvalue weighted by Crippen LogP contribution is 2.20. The highest BCUT2D eigenvalue weighted by atomic mass is 16.5. The Morgan fingerprint density at radius 1 is 0.824 bits per heavy atom. The lowest BCUT2D eigenvalue weighted by atomic mass is 9.95. The van der Waals surface area contributed by atoms with Crippen LogP contribution in [0.4, 0.5) is 0 Å². The van der Waals surface area contributed by atoms with Gasteiger partial charge in [-0.3, -0.25) is 28.8 Å². The van der Waals surface area contributed by atoms with Gasteiger partial charge in [0.25, 0.3) is 0 Å². The zero-order chi connectivity index (χ0) is 37.8. The third-order valence-electron chi connectivity index (χ3n) is 7.50. The summed E-state index contributed by atoms with van der Waals surface area (Å²) in [6.07, 6.45) is -1.64. The minimum Gasteiger partial charge on any atom is -0.394 e. The van der Waals surface area contributed by atoms with Gasteiger partial charge in [0.05, 0.1) is 38.9 Å². The monoisotopic (exact) mass is 721 g/mol. The second kappa shape index (κ2) is 22.9. The molecule has 1 aliphatic rings. The van der Waals surface area contributed by atoms with Crippen LogP contribution >= 0.6 is 0 Å². The maximum absolute atomic E-state index is 12.9. The van der Waals surface area contributed by atoms with Crippen molar-refractivity contribution in [3.63, 3.8) is 0 Å². The first kappa shape index (κ1) is 42.5. The second-order valence-electron chi connectivity index (χ2n) is 11.4. The number of carbonyl (C=O) groups excluding carboxylic acids is 6. The second-order valence-corrected chi connectivity index (χ2v) is 11.4. The van der Waals surface area contributed by atoms with Crippen molar-refractivity contribution in [3.8, 4) is 12.3 Å². The molecule has 0 saturated carbocycles. The van der Waals surface area contributed by atoms with Crippen LogP contribution < -0.4 is 37.6 Å². The van der Waals surface area contributed by atoms with Crippen molar-refractivity contribution in [1.82, 2.24) is 31.9 Å². The summed E-state index contributed by atoms with van der Waals surface area (Å²) in [4.78, 5) is 74.4. The first-order valence-electron chi connectivity index (χ1n) is 16.1. The minimum atomic E-state index is -1.59. The highest BCUT2D eigenvalue weighted by molar-refractivity contribution is 5.93. The summed E-state index contributed by atoms with van der Waals surface area (Å²) in [6.45, 7) is -2.18. The fourth-order valence-corrected chi connectivity index (χ4v) is 4.60. The molecular formula is C32H47N7O12. The molecule has 1 saturated heterocycles. The van der Waals surface area contributed by atoms with Gasteiger partial charge in [-0.1, -0.05) is 30.3 Å². The fraction of sp³-hybridized carbons (Fsp3) is 0.562. The molecule has 0 radical (unpaired) electrons. The molecule has 1 aromatic rings. The maximum atomic E-state index is 12.9. The quantitative estimate of drug-likeness (QED) is 0.0321. The third-order valence-corrected chi connectivity index (χ3v) is 7.50. The average molecular weight is 722 g/mol. The topological polar surface area (TPSA) is 300 Å². The van der Waals surface area contributed by atoms with E-state index in [4.69, 9.17) is 21.6 Å². The van der Waals surface area contributed by atoms with E-state index >= 15 is 0 Å². The lowest BCUT2D eigenvalue weighted by molar-refractivity contribution is -0.227. The van der Waals surface area contributed by atoms with Crippen LogP contribution in [0.15, 0.2) is 30.3 Å². The number of nitrogens with two attached hydrogens (primary N) is 1. The number of rotatable bonds is 21. The number of hydrogen-bond donors (Lipinski definition) is 11. The summed E-state index contributed by atoms with van der Waals surface area (Å²) < 4.78 is 10.4. The molecule has 0 aromatic heterocycles. The van der Waals surface area contributed by atoms with Crippen molar-refractivity contribution in [2.24, 2.45) is 5.73 Å². The van der Waals surface area contributed by atoms with Crippen LogP contribution in [-0.2, 0) is 44.7 Å². The van der Waals surface area contributed by atoms with E-state index in [1.807, 2.05) is 0 Å². The van der Waals surface area contributed by atoms with E-state index in [0.29, 0.717) is 6.42 Å². The molecule has 19 nitrogen and oxygen atoms in total. The fourth-order valence-electron chi connectivity index (χ4n) is 4.60. The van der Waals surface area contributed by atoms with Gasteiger partial charge in [-0.25, -0.2) is 0 Å². The Morgan fingerprint density at radius 3 is 2.12 bits per heavy atom. The molecule has 7 atom stereocenters. The summed E-state index contributed by atoms with van der Waals surface area (Å²) in [6, 6.07) is 6.51. The number of amides is 6. The van der Waals surface area contributed by atoms with E-state index in [-0.39, 0.29) is 45.7 Å². The lowest BCUT2D eigenvalue weighted by Gasteiger charge is -2.40. The number of aliphatic hydroxyl groups is 4. The van der Waals surface area contributed by atoms with Gasteiger partial charge in [-0.05, 0) is 12.0 Å². The summed E-state index contributed by atoms with van der Waals surface area (Å²) in [7, 11) is 0. The van der Waals surface area contributed by atoms with Crippen LogP contribution in [0.5, 0.6) is 0 Å². The van der Waals surface area contributed by atoms with Crippen molar-refractivity contribution in [2.75, 3.05) is 46.1 Å². The van der Waals surface area contributed by atoms with Gasteiger partial charge in [0.15, 0.2) is 0 Å². The van der Waals surface area contributed by atoms with Crippen LogP contribution in [-0.4, -0.2) is 145 Å². The molecule has 1 aliphatic heterocycles.